The molecule has 1 atom stereocenters. The molecular formula is C27H32N2O4. The highest BCUT2D eigenvalue weighted by molar-refractivity contribution is 6.23. The highest BCUT2D eigenvalue weighted by atomic mass is 16.5. The van der Waals surface area contributed by atoms with Crippen LogP contribution in [0.3, 0.4) is 0 Å². The second-order valence-corrected chi connectivity index (χ2v) is 10.3. The number of nitrogens with zero attached hydrogens (tertiary/aromatic N) is 2. The number of aliphatic imine (C=N–C) groups is 1. The van der Waals surface area contributed by atoms with Crippen molar-refractivity contribution in [1.82, 2.24) is 5.16 Å². The summed E-state index contributed by atoms with van der Waals surface area (Å²) in [4.78, 5) is 30.6. The van der Waals surface area contributed by atoms with E-state index in [0.29, 0.717) is 66.8 Å². The van der Waals surface area contributed by atoms with Gasteiger partial charge in [0.2, 0.25) is 0 Å². The van der Waals surface area contributed by atoms with Crippen LogP contribution in [0.25, 0.3) is 0 Å². The SMILES string of the molecule is CC(C)N=C(CCc1noc2c1C(=O)CC(c1ccccc1)C2)C1=C(O)CC(C)(C)CC1=O. The van der Waals surface area contributed by atoms with Gasteiger partial charge in [0.05, 0.1) is 16.8 Å². The first kappa shape index (κ1) is 23.1. The van der Waals surface area contributed by atoms with Crippen molar-refractivity contribution in [1.29, 1.82) is 0 Å². The summed E-state index contributed by atoms with van der Waals surface area (Å²) < 4.78 is 5.60. The molecule has 0 fully saturated rings. The minimum absolute atomic E-state index is 0.0254. The van der Waals surface area contributed by atoms with Gasteiger partial charge >= 0.3 is 0 Å². The summed E-state index contributed by atoms with van der Waals surface area (Å²) in [7, 11) is 0. The minimum atomic E-state index is -0.263. The van der Waals surface area contributed by atoms with Crippen molar-refractivity contribution in [3.8, 4) is 0 Å². The van der Waals surface area contributed by atoms with Crippen molar-refractivity contribution < 1.29 is 19.2 Å². The molecule has 1 aromatic heterocycles. The molecule has 0 radical (unpaired) electrons. The molecule has 0 spiro atoms. The van der Waals surface area contributed by atoms with Gasteiger partial charge in [-0.05, 0) is 43.6 Å². The van der Waals surface area contributed by atoms with Gasteiger partial charge in [-0.1, -0.05) is 49.3 Å². The topological polar surface area (TPSA) is 92.8 Å². The number of aryl methyl sites for hydroxylation is 1. The van der Waals surface area contributed by atoms with E-state index in [0.717, 1.165) is 5.56 Å². The van der Waals surface area contributed by atoms with Crippen LogP contribution >= 0.6 is 0 Å². The zero-order chi connectivity index (χ0) is 23.8. The van der Waals surface area contributed by atoms with Crippen LogP contribution in [0.1, 0.15) is 86.7 Å². The Balaban J connectivity index is 1.56. The van der Waals surface area contributed by atoms with E-state index >= 15 is 0 Å². The van der Waals surface area contributed by atoms with Gasteiger partial charge in [-0.3, -0.25) is 14.6 Å². The van der Waals surface area contributed by atoms with E-state index in [1.807, 2.05) is 58.0 Å². The third kappa shape index (κ3) is 5.00. The number of aliphatic hydroxyl groups excluding tert-OH is 1. The van der Waals surface area contributed by atoms with Crippen molar-refractivity contribution in [2.75, 3.05) is 0 Å². The lowest BCUT2D eigenvalue weighted by Crippen LogP contribution is -2.30. The predicted molar refractivity (Wildman–Crippen MR) is 127 cm³/mol. The van der Waals surface area contributed by atoms with E-state index in [1.54, 1.807) is 0 Å². The molecule has 6 nitrogen and oxygen atoms in total. The Hall–Kier alpha value is -3.02. The van der Waals surface area contributed by atoms with E-state index in [-0.39, 0.29) is 34.7 Å². The van der Waals surface area contributed by atoms with E-state index in [1.165, 1.54) is 0 Å². The number of ketones is 2. The number of aliphatic hydroxyl groups is 1. The van der Waals surface area contributed by atoms with Crippen LogP contribution < -0.4 is 0 Å². The zero-order valence-corrected chi connectivity index (χ0v) is 19.9. The Bertz CT molecular complexity index is 1120. The van der Waals surface area contributed by atoms with Crippen LogP contribution in [0.4, 0.5) is 0 Å². The largest absolute Gasteiger partial charge is 0.511 e. The maximum atomic E-state index is 13.0. The number of aromatic nitrogens is 1. The summed E-state index contributed by atoms with van der Waals surface area (Å²) in [5.74, 6) is 0.804. The van der Waals surface area contributed by atoms with Crippen molar-refractivity contribution in [3.63, 3.8) is 0 Å². The van der Waals surface area contributed by atoms with Crippen molar-refractivity contribution >= 4 is 17.3 Å². The number of fused-ring (bicyclic) bond motifs is 1. The van der Waals surface area contributed by atoms with Gasteiger partial charge in [0.1, 0.15) is 11.5 Å². The highest BCUT2D eigenvalue weighted by Gasteiger charge is 2.36. The van der Waals surface area contributed by atoms with Crippen LogP contribution in [0.2, 0.25) is 0 Å². The maximum absolute atomic E-state index is 13.0. The number of carbonyl (C=O) groups is 2. The molecular weight excluding hydrogens is 416 g/mol. The first-order valence-electron chi connectivity index (χ1n) is 11.7. The monoisotopic (exact) mass is 448 g/mol. The third-order valence-corrected chi connectivity index (χ3v) is 6.40. The number of rotatable bonds is 6. The number of allylic oxidation sites excluding steroid dienone is 2. The molecule has 0 amide bonds. The smallest absolute Gasteiger partial charge is 0.168 e. The molecule has 0 saturated heterocycles. The quantitative estimate of drug-likeness (QED) is 0.583. The Labute approximate surface area is 194 Å². The van der Waals surface area contributed by atoms with Crippen LogP contribution in [0.15, 0.2) is 51.2 Å². The van der Waals surface area contributed by atoms with Gasteiger partial charge in [0.15, 0.2) is 11.6 Å². The van der Waals surface area contributed by atoms with E-state index < -0.39 is 0 Å². The zero-order valence-electron chi connectivity index (χ0n) is 19.9. The summed E-state index contributed by atoms with van der Waals surface area (Å²) in [6.07, 6.45) is 2.74. The fourth-order valence-electron chi connectivity index (χ4n) is 4.99. The molecule has 2 aromatic rings. The molecule has 0 aliphatic heterocycles. The second-order valence-electron chi connectivity index (χ2n) is 10.3. The molecule has 33 heavy (non-hydrogen) atoms. The standard InChI is InChI=1S/C27H32N2O4/c1-16(2)28-19(25-22(31)14-27(3,4)15-23(25)32)10-11-20-26-21(30)12-18(13-24(26)33-29-20)17-8-6-5-7-9-17/h5-9,16,18,31H,10-15H2,1-4H3. The first-order valence-corrected chi connectivity index (χ1v) is 11.7. The molecule has 0 saturated carbocycles. The summed E-state index contributed by atoms with van der Waals surface area (Å²) in [5.41, 5.74) is 2.99. The number of hydrogen-bond acceptors (Lipinski definition) is 6. The summed E-state index contributed by atoms with van der Waals surface area (Å²) in [6, 6.07) is 9.98. The van der Waals surface area contributed by atoms with Gasteiger partial charge < -0.3 is 9.63 Å². The Morgan fingerprint density at radius 1 is 1.15 bits per heavy atom. The third-order valence-electron chi connectivity index (χ3n) is 6.40. The van der Waals surface area contributed by atoms with Gasteiger partial charge in [-0.25, -0.2) is 0 Å². The Morgan fingerprint density at radius 3 is 2.55 bits per heavy atom. The maximum Gasteiger partial charge on any atom is 0.168 e. The predicted octanol–water partition coefficient (Wildman–Crippen LogP) is 5.57. The molecule has 4 rings (SSSR count). The van der Waals surface area contributed by atoms with Crippen molar-refractivity contribution in [2.24, 2.45) is 10.4 Å². The highest BCUT2D eigenvalue weighted by Crippen LogP contribution is 2.37. The minimum Gasteiger partial charge on any atom is -0.511 e. The first-order chi connectivity index (χ1) is 15.6. The number of carbonyl (C=O) groups excluding carboxylic acids is 2. The molecule has 2 aliphatic rings. The lowest BCUT2D eigenvalue weighted by molar-refractivity contribution is -0.118. The van der Waals surface area contributed by atoms with Crippen molar-refractivity contribution in [2.45, 2.75) is 78.2 Å². The van der Waals surface area contributed by atoms with E-state index in [2.05, 4.69) is 10.1 Å². The van der Waals surface area contributed by atoms with Crippen LogP contribution in [-0.2, 0) is 17.6 Å². The summed E-state index contributed by atoms with van der Waals surface area (Å²) >= 11 is 0. The average molecular weight is 449 g/mol. The molecule has 6 heteroatoms. The molecule has 1 heterocycles. The van der Waals surface area contributed by atoms with Crippen LogP contribution in [0.5, 0.6) is 0 Å². The van der Waals surface area contributed by atoms with Gasteiger partial charge in [0, 0.05) is 37.4 Å². The van der Waals surface area contributed by atoms with Gasteiger partial charge in [-0.15, -0.1) is 0 Å². The number of hydrogen-bond donors (Lipinski definition) is 1. The molecule has 1 N–H and O–H groups in total. The fourth-order valence-corrected chi connectivity index (χ4v) is 4.99. The van der Waals surface area contributed by atoms with Crippen LogP contribution in [-0.4, -0.2) is 33.6 Å². The second kappa shape index (κ2) is 9.08. The normalized spacial score (nSPS) is 21.0. The molecule has 0 bridgehead atoms. The van der Waals surface area contributed by atoms with E-state index in [9.17, 15) is 14.7 Å². The fraction of sp³-hybridized carbons (Fsp3) is 0.481. The number of benzene rings is 1. The summed E-state index contributed by atoms with van der Waals surface area (Å²) in [6.45, 7) is 7.85. The van der Waals surface area contributed by atoms with Gasteiger partial charge in [0.25, 0.3) is 0 Å². The molecule has 174 valence electrons. The van der Waals surface area contributed by atoms with Crippen molar-refractivity contribution in [3.05, 3.63) is 64.2 Å². The lowest BCUT2D eigenvalue weighted by atomic mass is 9.75. The number of Topliss-reactive ketones (excluding diaryl/α,β-unsaturated/α-hetero) is 2. The van der Waals surface area contributed by atoms with Gasteiger partial charge in [-0.2, -0.15) is 0 Å². The molecule has 1 unspecified atom stereocenters. The Kier molecular flexibility index (Phi) is 6.37. The molecule has 1 aromatic carbocycles. The summed E-state index contributed by atoms with van der Waals surface area (Å²) in [5, 5.41) is 14.9. The molecule has 2 aliphatic carbocycles. The lowest BCUT2D eigenvalue weighted by Gasteiger charge is -2.30. The average Bonchev–Trinajstić information content (AvgIpc) is 3.14. The van der Waals surface area contributed by atoms with E-state index in [4.69, 9.17) is 4.52 Å². The van der Waals surface area contributed by atoms with Crippen LogP contribution in [0, 0.1) is 5.41 Å². The Morgan fingerprint density at radius 2 is 1.88 bits per heavy atom.